The summed E-state index contributed by atoms with van der Waals surface area (Å²) in [6.07, 6.45) is 11.1. The number of carbonyl (C=O) groups is 2. The van der Waals surface area contributed by atoms with Crippen LogP contribution in [-0.4, -0.2) is 21.5 Å². The molecule has 1 aliphatic carbocycles. The van der Waals surface area contributed by atoms with Gasteiger partial charge in [0.2, 0.25) is 11.6 Å². The van der Waals surface area contributed by atoms with Gasteiger partial charge in [-0.3, -0.25) is 9.59 Å². The number of unbranched alkanes of at least 4 members (excludes halogenated alkanes) is 6. The molecule has 0 unspecified atom stereocenters. The van der Waals surface area contributed by atoms with E-state index in [4.69, 9.17) is 0 Å². The summed E-state index contributed by atoms with van der Waals surface area (Å²) in [5, 5.41) is 0. The third-order valence-electron chi connectivity index (χ3n) is 4.71. The fourth-order valence-corrected chi connectivity index (χ4v) is 3.27. The van der Waals surface area contributed by atoms with E-state index in [0.717, 1.165) is 25.0 Å². The Kier molecular flexibility index (Phi) is 5.69. The maximum Gasteiger partial charge on any atom is 0.214 e. The molecule has 0 spiro atoms. The lowest BCUT2D eigenvalue weighted by molar-refractivity contribution is 0.0971. The maximum absolute atomic E-state index is 12.6. The van der Waals surface area contributed by atoms with Gasteiger partial charge < -0.3 is 0 Å². The average Bonchev–Trinajstić information content (AvgIpc) is 2.65. The molecular weight excluding hydrogens is 312 g/mol. The smallest absolute Gasteiger partial charge is 0.214 e. The Balaban J connectivity index is 1.64. The number of hydrogen-bond donors (Lipinski definition) is 0. The van der Waals surface area contributed by atoms with Crippen LogP contribution in [0.3, 0.4) is 0 Å². The SMILES string of the molecule is CCCCCCCCCc1cnc2c(n1)C(=O)c1ccccc1C2=O. The number of fused-ring (bicyclic) bond motifs is 2. The largest absolute Gasteiger partial charge is 0.287 e. The molecule has 0 N–H and O–H groups in total. The van der Waals surface area contributed by atoms with Crippen LogP contribution in [0, 0.1) is 0 Å². The molecule has 0 radical (unpaired) electrons. The predicted octanol–water partition coefficient (Wildman–Crippen LogP) is 4.55. The summed E-state index contributed by atoms with van der Waals surface area (Å²) in [5.41, 5.74) is 2.06. The van der Waals surface area contributed by atoms with Crippen LogP contribution in [0.25, 0.3) is 0 Å². The van der Waals surface area contributed by atoms with E-state index >= 15 is 0 Å². The molecule has 130 valence electrons. The molecule has 1 aliphatic rings. The van der Waals surface area contributed by atoms with Crippen molar-refractivity contribution in [2.75, 3.05) is 0 Å². The number of ketones is 2. The van der Waals surface area contributed by atoms with Gasteiger partial charge in [0.15, 0.2) is 0 Å². The van der Waals surface area contributed by atoms with Gasteiger partial charge in [-0.2, -0.15) is 0 Å². The molecule has 0 aliphatic heterocycles. The fourth-order valence-electron chi connectivity index (χ4n) is 3.27. The molecule has 0 saturated carbocycles. The van der Waals surface area contributed by atoms with E-state index in [-0.39, 0.29) is 23.0 Å². The molecule has 0 fully saturated rings. The van der Waals surface area contributed by atoms with Gasteiger partial charge in [-0.05, 0) is 12.8 Å². The monoisotopic (exact) mass is 336 g/mol. The Labute approximate surface area is 148 Å². The Bertz CT molecular complexity index is 783. The highest BCUT2D eigenvalue weighted by Gasteiger charge is 2.31. The van der Waals surface area contributed by atoms with E-state index in [1.165, 1.54) is 32.1 Å². The first-order valence-electron chi connectivity index (χ1n) is 9.26. The normalized spacial score (nSPS) is 12.8. The number of hydrogen-bond acceptors (Lipinski definition) is 4. The van der Waals surface area contributed by atoms with Gasteiger partial charge >= 0.3 is 0 Å². The molecular formula is C21H24N2O2. The van der Waals surface area contributed by atoms with Crippen LogP contribution in [-0.2, 0) is 6.42 Å². The molecule has 4 heteroatoms. The van der Waals surface area contributed by atoms with Gasteiger partial charge in [0.25, 0.3) is 0 Å². The van der Waals surface area contributed by atoms with Crippen molar-refractivity contribution >= 4 is 11.6 Å². The first kappa shape index (κ1) is 17.5. The molecule has 1 aromatic heterocycles. The second kappa shape index (κ2) is 8.15. The van der Waals surface area contributed by atoms with Crippen LogP contribution < -0.4 is 0 Å². The highest BCUT2D eigenvalue weighted by Crippen LogP contribution is 2.25. The van der Waals surface area contributed by atoms with Gasteiger partial charge in [-0.25, -0.2) is 9.97 Å². The summed E-state index contributed by atoms with van der Waals surface area (Å²) in [6, 6.07) is 6.89. The number of benzene rings is 1. The number of carbonyl (C=O) groups excluding carboxylic acids is 2. The number of aromatic nitrogens is 2. The van der Waals surface area contributed by atoms with E-state index in [9.17, 15) is 9.59 Å². The van der Waals surface area contributed by atoms with Crippen molar-refractivity contribution in [3.8, 4) is 0 Å². The summed E-state index contributed by atoms with van der Waals surface area (Å²) >= 11 is 0. The summed E-state index contributed by atoms with van der Waals surface area (Å²) in [5.74, 6) is -0.403. The first-order chi connectivity index (χ1) is 12.2. The summed E-state index contributed by atoms with van der Waals surface area (Å²) in [4.78, 5) is 33.8. The molecule has 1 heterocycles. The van der Waals surface area contributed by atoms with Gasteiger partial charge in [-0.1, -0.05) is 69.7 Å². The van der Waals surface area contributed by atoms with Crippen molar-refractivity contribution in [1.29, 1.82) is 0 Å². The Morgan fingerprint density at radius 1 is 0.800 bits per heavy atom. The standard InChI is InChI=1S/C21H24N2O2/c1-2-3-4-5-6-7-8-11-15-14-22-18-19(23-15)21(25)17-13-10-9-12-16(17)20(18)24/h9-10,12-14H,2-8,11H2,1H3. The molecule has 2 aromatic rings. The Morgan fingerprint density at radius 2 is 1.40 bits per heavy atom. The quantitative estimate of drug-likeness (QED) is 0.566. The van der Waals surface area contributed by atoms with Crippen molar-refractivity contribution < 1.29 is 9.59 Å². The third-order valence-corrected chi connectivity index (χ3v) is 4.71. The third kappa shape index (κ3) is 3.84. The van der Waals surface area contributed by atoms with Crippen LogP contribution in [0.1, 0.15) is 89.7 Å². The Hall–Kier alpha value is -2.36. The zero-order chi connectivity index (χ0) is 17.6. The fraction of sp³-hybridized carbons (Fsp3) is 0.429. The van der Waals surface area contributed by atoms with E-state index in [0.29, 0.717) is 11.1 Å². The van der Waals surface area contributed by atoms with Crippen molar-refractivity contribution in [2.45, 2.75) is 58.3 Å². The summed E-state index contributed by atoms with van der Waals surface area (Å²) in [6.45, 7) is 2.22. The summed E-state index contributed by atoms with van der Waals surface area (Å²) < 4.78 is 0. The molecule has 4 nitrogen and oxygen atoms in total. The van der Waals surface area contributed by atoms with Crippen molar-refractivity contribution in [1.82, 2.24) is 9.97 Å². The topological polar surface area (TPSA) is 59.9 Å². The number of nitrogens with zero attached hydrogens (tertiary/aromatic N) is 2. The van der Waals surface area contributed by atoms with Crippen LogP contribution >= 0.6 is 0 Å². The highest BCUT2D eigenvalue weighted by atomic mass is 16.1. The molecule has 1 aromatic carbocycles. The zero-order valence-electron chi connectivity index (χ0n) is 14.8. The molecule has 25 heavy (non-hydrogen) atoms. The minimum Gasteiger partial charge on any atom is -0.287 e. The minimum atomic E-state index is -0.208. The molecule has 0 atom stereocenters. The van der Waals surface area contributed by atoms with E-state index < -0.39 is 0 Å². The molecule has 0 saturated heterocycles. The van der Waals surface area contributed by atoms with Crippen LogP contribution in [0.2, 0.25) is 0 Å². The molecule has 3 rings (SSSR count). The second-order valence-corrected chi connectivity index (χ2v) is 6.63. The first-order valence-corrected chi connectivity index (χ1v) is 9.26. The van der Waals surface area contributed by atoms with Crippen molar-refractivity contribution in [2.24, 2.45) is 0 Å². The van der Waals surface area contributed by atoms with Crippen LogP contribution in [0.15, 0.2) is 30.5 Å². The minimum absolute atomic E-state index is 0.187. The van der Waals surface area contributed by atoms with Gasteiger partial charge in [0.1, 0.15) is 11.4 Å². The molecule has 0 bridgehead atoms. The van der Waals surface area contributed by atoms with Crippen molar-refractivity contribution in [3.05, 3.63) is 58.7 Å². The number of aryl methyl sites for hydroxylation is 1. The van der Waals surface area contributed by atoms with Crippen LogP contribution in [0.5, 0.6) is 0 Å². The zero-order valence-corrected chi connectivity index (χ0v) is 14.8. The average molecular weight is 336 g/mol. The van der Waals surface area contributed by atoms with E-state index in [2.05, 4.69) is 16.9 Å². The Morgan fingerprint density at radius 3 is 2.08 bits per heavy atom. The second-order valence-electron chi connectivity index (χ2n) is 6.63. The lowest BCUT2D eigenvalue weighted by Gasteiger charge is -2.16. The highest BCUT2D eigenvalue weighted by molar-refractivity contribution is 6.26. The number of rotatable bonds is 8. The lowest BCUT2D eigenvalue weighted by Crippen LogP contribution is -2.24. The lowest BCUT2D eigenvalue weighted by atomic mass is 9.89. The summed E-state index contributed by atoms with van der Waals surface area (Å²) in [7, 11) is 0. The maximum atomic E-state index is 12.6. The van der Waals surface area contributed by atoms with E-state index in [1.54, 1.807) is 30.5 Å². The van der Waals surface area contributed by atoms with Crippen LogP contribution in [0.4, 0.5) is 0 Å². The molecule has 0 amide bonds. The van der Waals surface area contributed by atoms with Crippen molar-refractivity contribution in [3.63, 3.8) is 0 Å². The van der Waals surface area contributed by atoms with Gasteiger partial charge in [0, 0.05) is 17.3 Å². The van der Waals surface area contributed by atoms with Gasteiger partial charge in [0.05, 0.1) is 5.69 Å². The van der Waals surface area contributed by atoms with Gasteiger partial charge in [-0.15, -0.1) is 0 Å². The predicted molar refractivity (Wildman–Crippen MR) is 97.0 cm³/mol. The van der Waals surface area contributed by atoms with E-state index in [1.807, 2.05) is 0 Å².